The van der Waals surface area contributed by atoms with E-state index in [9.17, 15) is 14.0 Å². The third kappa shape index (κ3) is 6.04. The van der Waals surface area contributed by atoms with Crippen LogP contribution < -0.4 is 0 Å². The van der Waals surface area contributed by atoms with Gasteiger partial charge in [-0.25, -0.2) is 4.39 Å². The van der Waals surface area contributed by atoms with Gasteiger partial charge in [0.2, 0.25) is 5.91 Å². The largest absolute Gasteiger partial charge is 0.358 e. The number of carbonyl (C=O) groups excluding carboxylic acids is 2. The molecule has 0 bridgehead atoms. The van der Waals surface area contributed by atoms with Gasteiger partial charge in [-0.1, -0.05) is 79.9 Å². The predicted molar refractivity (Wildman–Crippen MR) is 155 cm³/mol. The molecule has 0 saturated carbocycles. The van der Waals surface area contributed by atoms with Crippen LogP contribution in [0.4, 0.5) is 4.39 Å². The van der Waals surface area contributed by atoms with Crippen LogP contribution in [-0.2, 0) is 20.7 Å². The van der Waals surface area contributed by atoms with Gasteiger partial charge in [0.15, 0.2) is 0 Å². The molecule has 0 N–H and O–H groups in total. The number of carbonyl (C=O) groups is 2. The Morgan fingerprint density at radius 2 is 1.52 bits per heavy atom. The molecule has 0 radical (unpaired) electrons. The molecule has 210 valence electrons. The fourth-order valence-electron chi connectivity index (χ4n) is 5.73. The highest BCUT2D eigenvalue weighted by Crippen LogP contribution is 2.45. The molecule has 5 nitrogen and oxygen atoms in total. The lowest BCUT2D eigenvalue weighted by molar-refractivity contribution is -0.184. The molecule has 3 aromatic carbocycles. The smallest absolute Gasteiger partial charge is 0.253 e. The number of hydrogen-bond acceptors (Lipinski definition) is 3. The molecule has 3 aromatic rings. The summed E-state index contributed by atoms with van der Waals surface area (Å²) in [6.45, 7) is 5.50. The zero-order chi connectivity index (χ0) is 28.4. The van der Waals surface area contributed by atoms with Crippen LogP contribution in [0.5, 0.6) is 0 Å². The van der Waals surface area contributed by atoms with Gasteiger partial charge in [-0.3, -0.25) is 9.59 Å². The van der Waals surface area contributed by atoms with E-state index in [4.69, 9.17) is 27.9 Å². The lowest BCUT2D eigenvalue weighted by Gasteiger charge is -2.49. The van der Waals surface area contributed by atoms with Crippen molar-refractivity contribution in [3.05, 3.63) is 105 Å². The molecule has 40 heavy (non-hydrogen) atoms. The molecule has 2 amide bonds. The van der Waals surface area contributed by atoms with Gasteiger partial charge < -0.3 is 14.5 Å². The Morgan fingerprint density at radius 1 is 0.950 bits per heavy atom. The Hall–Kier alpha value is -2.93. The first-order valence-corrected chi connectivity index (χ1v) is 14.5. The molecule has 0 aromatic heterocycles. The summed E-state index contributed by atoms with van der Waals surface area (Å²) in [7, 11) is 0. The number of morpholine rings is 1. The molecule has 2 fully saturated rings. The Kier molecular flexibility index (Phi) is 8.79. The van der Waals surface area contributed by atoms with Crippen molar-refractivity contribution >= 4 is 35.0 Å². The summed E-state index contributed by atoms with van der Waals surface area (Å²) in [6.07, 6.45) is 0.0597. The van der Waals surface area contributed by atoms with E-state index in [2.05, 4.69) is 6.92 Å². The van der Waals surface area contributed by atoms with Crippen molar-refractivity contribution < 1.29 is 18.7 Å². The molecule has 4 atom stereocenters. The first-order valence-electron chi connectivity index (χ1n) is 13.8. The topological polar surface area (TPSA) is 49.9 Å². The molecule has 2 heterocycles. The molecular formula is C32H33Cl2FN2O3. The number of benzene rings is 3. The average molecular weight is 584 g/mol. The number of ether oxygens (including phenoxy) is 1. The van der Waals surface area contributed by atoms with Crippen LogP contribution in [0.3, 0.4) is 0 Å². The predicted octanol–water partition coefficient (Wildman–Crippen LogP) is 7.03. The van der Waals surface area contributed by atoms with Gasteiger partial charge in [-0.05, 0) is 65.4 Å². The van der Waals surface area contributed by atoms with Crippen molar-refractivity contribution in [1.29, 1.82) is 0 Å². The van der Waals surface area contributed by atoms with Gasteiger partial charge in [0.25, 0.3) is 5.91 Å². The lowest BCUT2D eigenvalue weighted by Crippen LogP contribution is -2.62. The van der Waals surface area contributed by atoms with E-state index in [1.54, 1.807) is 41.3 Å². The zero-order valence-electron chi connectivity index (χ0n) is 22.6. The number of halogens is 3. The molecule has 2 saturated heterocycles. The van der Waals surface area contributed by atoms with Gasteiger partial charge in [-0.15, -0.1) is 0 Å². The van der Waals surface area contributed by atoms with Gasteiger partial charge in [0, 0.05) is 29.6 Å². The third-order valence-electron chi connectivity index (χ3n) is 7.73. The van der Waals surface area contributed by atoms with Crippen molar-refractivity contribution in [3.63, 3.8) is 0 Å². The second-order valence-electron chi connectivity index (χ2n) is 10.8. The van der Waals surface area contributed by atoms with Gasteiger partial charge in [0.05, 0.1) is 6.04 Å². The van der Waals surface area contributed by atoms with Gasteiger partial charge in [-0.2, -0.15) is 0 Å². The maximum absolute atomic E-state index is 14.4. The Bertz CT molecular complexity index is 1330. The first kappa shape index (κ1) is 28.6. The quantitative estimate of drug-likeness (QED) is 0.286. The maximum Gasteiger partial charge on any atom is 0.253 e. The van der Waals surface area contributed by atoms with E-state index in [1.165, 1.54) is 12.1 Å². The van der Waals surface area contributed by atoms with Crippen molar-refractivity contribution in [1.82, 2.24) is 9.80 Å². The summed E-state index contributed by atoms with van der Waals surface area (Å²) >= 11 is 12.5. The van der Waals surface area contributed by atoms with E-state index in [1.807, 2.05) is 36.1 Å². The minimum atomic E-state index is -0.864. The van der Waals surface area contributed by atoms with Crippen LogP contribution in [0.1, 0.15) is 55.5 Å². The Morgan fingerprint density at radius 3 is 2.08 bits per heavy atom. The number of hydrogen-bond donors (Lipinski definition) is 0. The van der Waals surface area contributed by atoms with E-state index in [0.29, 0.717) is 35.5 Å². The fourth-order valence-corrected chi connectivity index (χ4v) is 5.98. The summed E-state index contributed by atoms with van der Waals surface area (Å²) in [6, 6.07) is 19.6. The number of amides is 2. The van der Waals surface area contributed by atoms with Crippen molar-refractivity contribution in [2.75, 3.05) is 13.1 Å². The SMILES string of the molecule is CCC[C@H](C(=O)N1CC(C)C1)N1C(=O)[C@H](Cc2ccc(F)cc2)O[C@@H](c2ccc(Cl)cc2)[C@H]1c1ccc(Cl)cc1. The molecule has 5 rings (SSSR count). The first-order chi connectivity index (χ1) is 19.2. The summed E-state index contributed by atoms with van der Waals surface area (Å²) < 4.78 is 20.3. The van der Waals surface area contributed by atoms with Crippen LogP contribution in [0, 0.1) is 11.7 Å². The molecule has 8 heteroatoms. The van der Waals surface area contributed by atoms with Gasteiger partial charge in [0.1, 0.15) is 24.1 Å². The molecule has 2 aliphatic rings. The van der Waals surface area contributed by atoms with E-state index < -0.39 is 24.3 Å². The van der Waals surface area contributed by atoms with Crippen LogP contribution in [0.25, 0.3) is 0 Å². The number of nitrogens with zero attached hydrogens (tertiary/aromatic N) is 2. The fraction of sp³-hybridized carbons (Fsp3) is 0.375. The lowest BCUT2D eigenvalue weighted by atomic mass is 9.88. The molecule has 0 spiro atoms. The number of rotatable bonds is 8. The summed E-state index contributed by atoms with van der Waals surface area (Å²) in [5, 5.41) is 1.16. The highest BCUT2D eigenvalue weighted by molar-refractivity contribution is 6.30. The second-order valence-corrected chi connectivity index (χ2v) is 11.7. The van der Waals surface area contributed by atoms with Crippen molar-refractivity contribution in [2.24, 2.45) is 5.92 Å². The highest BCUT2D eigenvalue weighted by Gasteiger charge is 2.49. The van der Waals surface area contributed by atoms with Crippen LogP contribution in [0.2, 0.25) is 10.0 Å². The van der Waals surface area contributed by atoms with Crippen LogP contribution in [-0.4, -0.2) is 46.8 Å². The second kappa shape index (κ2) is 12.3. The summed E-state index contributed by atoms with van der Waals surface area (Å²) in [5.41, 5.74) is 2.43. The average Bonchev–Trinajstić information content (AvgIpc) is 2.93. The molecule has 0 unspecified atom stereocenters. The minimum absolute atomic E-state index is 0.0375. The standard InChI is InChI=1S/C32H33Cl2FN2O3/c1-3-4-27(31(38)36-18-20(2)19-36)37-29(22-7-11-24(33)12-8-22)30(23-9-13-25(34)14-10-23)40-28(32(37)39)17-21-5-15-26(35)16-6-21/h5-16,20,27-30H,3-4,17-19H2,1-2H3/t27-,28+,29-,30+/m1/s1. The molecular weight excluding hydrogens is 550 g/mol. The highest BCUT2D eigenvalue weighted by atomic mass is 35.5. The third-order valence-corrected chi connectivity index (χ3v) is 8.23. The zero-order valence-corrected chi connectivity index (χ0v) is 24.1. The Balaban J connectivity index is 1.62. The monoisotopic (exact) mass is 582 g/mol. The van der Waals surface area contributed by atoms with Crippen LogP contribution in [0.15, 0.2) is 72.8 Å². The van der Waals surface area contributed by atoms with E-state index >= 15 is 0 Å². The minimum Gasteiger partial charge on any atom is -0.358 e. The molecule has 0 aliphatic carbocycles. The maximum atomic E-state index is 14.4. The number of likely N-dealkylation sites (tertiary alicyclic amines) is 1. The molecule has 2 aliphatic heterocycles. The van der Waals surface area contributed by atoms with Crippen molar-refractivity contribution in [3.8, 4) is 0 Å². The van der Waals surface area contributed by atoms with E-state index in [-0.39, 0.29) is 24.1 Å². The van der Waals surface area contributed by atoms with E-state index in [0.717, 1.165) is 23.1 Å². The van der Waals surface area contributed by atoms with Crippen LogP contribution >= 0.6 is 23.2 Å². The Labute approximate surface area is 244 Å². The summed E-state index contributed by atoms with van der Waals surface area (Å²) in [5.74, 6) is -0.202. The van der Waals surface area contributed by atoms with Crippen molar-refractivity contribution in [2.45, 2.75) is 57.4 Å². The van der Waals surface area contributed by atoms with Gasteiger partial charge >= 0.3 is 0 Å². The summed E-state index contributed by atoms with van der Waals surface area (Å²) in [4.78, 5) is 31.9. The normalized spacial score (nSPS) is 22.2.